The zero-order valence-electron chi connectivity index (χ0n) is 17.0. The predicted octanol–water partition coefficient (Wildman–Crippen LogP) is 4.78. The van der Waals surface area contributed by atoms with Crippen molar-refractivity contribution in [1.82, 2.24) is 5.43 Å². The van der Waals surface area contributed by atoms with Crippen LogP contribution in [0.4, 0.5) is 5.69 Å². The Morgan fingerprint density at radius 1 is 1.06 bits per heavy atom. The molecule has 2 N–H and O–H groups in total. The van der Waals surface area contributed by atoms with Crippen LogP contribution in [0.25, 0.3) is 0 Å². The Morgan fingerprint density at radius 3 is 2.50 bits per heavy atom. The number of hydrogen-bond acceptors (Lipinski definition) is 5. The quantitative estimate of drug-likeness (QED) is 0.269. The minimum Gasteiger partial charge on any atom is -0.493 e. The molecule has 164 valence electrons. The second-order valence-corrected chi connectivity index (χ2v) is 7.70. The number of rotatable bonds is 7. The highest BCUT2D eigenvalue weighted by atomic mass is 79.9. The smallest absolute Gasteiger partial charge is 0.329 e. The number of nitrogens with one attached hydrogen (secondary N) is 2. The van der Waals surface area contributed by atoms with Crippen molar-refractivity contribution in [2.75, 3.05) is 12.4 Å². The van der Waals surface area contributed by atoms with Crippen molar-refractivity contribution in [2.45, 2.75) is 6.61 Å². The predicted molar refractivity (Wildman–Crippen MR) is 127 cm³/mol. The molecule has 0 radical (unpaired) electrons. The standard InChI is InChI=1S/C23H19BrClN3O4/c1-31-20-12-16(11-17(24)21(20)32-14-15-7-3-2-4-8-15)13-26-28-23(30)22(29)27-19-10-6-5-9-18(19)25/h2-13H,14H2,1H3,(H,27,29)(H,28,30)/b26-13+. The molecule has 0 bridgehead atoms. The van der Waals surface area contributed by atoms with Gasteiger partial charge in [-0.3, -0.25) is 9.59 Å². The zero-order chi connectivity index (χ0) is 22.9. The van der Waals surface area contributed by atoms with Crippen molar-refractivity contribution in [3.05, 3.63) is 87.4 Å². The maximum atomic E-state index is 12.0. The first-order valence-electron chi connectivity index (χ1n) is 9.41. The third kappa shape index (κ3) is 6.32. The fourth-order valence-electron chi connectivity index (χ4n) is 2.64. The number of hydrogen-bond donors (Lipinski definition) is 2. The van der Waals surface area contributed by atoms with Gasteiger partial charge >= 0.3 is 11.8 Å². The summed E-state index contributed by atoms with van der Waals surface area (Å²) in [7, 11) is 1.53. The summed E-state index contributed by atoms with van der Waals surface area (Å²) in [5.74, 6) is -0.801. The van der Waals surface area contributed by atoms with Gasteiger partial charge in [0.05, 0.1) is 28.5 Å². The summed E-state index contributed by atoms with van der Waals surface area (Å²) in [6.07, 6.45) is 1.38. The zero-order valence-corrected chi connectivity index (χ0v) is 19.3. The molecule has 3 aromatic carbocycles. The van der Waals surface area contributed by atoms with E-state index in [0.717, 1.165) is 5.56 Å². The molecule has 3 rings (SSSR count). The van der Waals surface area contributed by atoms with Crippen molar-refractivity contribution < 1.29 is 19.1 Å². The highest BCUT2D eigenvalue weighted by molar-refractivity contribution is 9.10. The van der Waals surface area contributed by atoms with E-state index in [0.29, 0.717) is 38.9 Å². The largest absolute Gasteiger partial charge is 0.493 e. The summed E-state index contributed by atoms with van der Waals surface area (Å²) in [4.78, 5) is 24.0. The number of methoxy groups -OCH3 is 1. The first kappa shape index (κ1) is 23.3. The van der Waals surface area contributed by atoms with E-state index in [2.05, 4.69) is 31.8 Å². The van der Waals surface area contributed by atoms with Crippen LogP contribution in [0.1, 0.15) is 11.1 Å². The summed E-state index contributed by atoms with van der Waals surface area (Å²) in [5.41, 5.74) is 4.14. The molecule has 0 saturated heterocycles. The van der Waals surface area contributed by atoms with Gasteiger partial charge in [0.2, 0.25) is 0 Å². The topological polar surface area (TPSA) is 89.0 Å². The molecule has 9 heteroatoms. The lowest BCUT2D eigenvalue weighted by Gasteiger charge is -2.13. The number of amides is 2. The molecule has 0 atom stereocenters. The van der Waals surface area contributed by atoms with Crippen molar-refractivity contribution >= 4 is 51.2 Å². The second kappa shape index (κ2) is 11.3. The Hall–Kier alpha value is -3.36. The van der Waals surface area contributed by atoms with Gasteiger partial charge in [0, 0.05) is 0 Å². The second-order valence-electron chi connectivity index (χ2n) is 6.44. The number of carbonyl (C=O) groups excluding carboxylic acids is 2. The number of para-hydroxylation sites is 1. The van der Waals surface area contributed by atoms with E-state index in [1.165, 1.54) is 13.3 Å². The summed E-state index contributed by atoms with van der Waals surface area (Å²) in [6.45, 7) is 0.375. The molecule has 0 heterocycles. The van der Waals surface area contributed by atoms with Crippen LogP contribution in [0.5, 0.6) is 11.5 Å². The molecule has 3 aromatic rings. The number of ether oxygens (including phenoxy) is 2. The first-order chi connectivity index (χ1) is 15.5. The summed E-state index contributed by atoms with van der Waals surface area (Å²) < 4.78 is 12.0. The van der Waals surface area contributed by atoms with Gasteiger partial charge in [0.25, 0.3) is 0 Å². The van der Waals surface area contributed by atoms with Crippen molar-refractivity contribution in [2.24, 2.45) is 5.10 Å². The third-order valence-corrected chi connectivity index (χ3v) is 5.10. The fraction of sp³-hybridized carbons (Fsp3) is 0.0870. The van der Waals surface area contributed by atoms with Crippen molar-refractivity contribution in [1.29, 1.82) is 0 Å². The number of benzene rings is 3. The van der Waals surface area contributed by atoms with Crippen LogP contribution < -0.4 is 20.2 Å². The number of carbonyl (C=O) groups is 2. The fourth-order valence-corrected chi connectivity index (χ4v) is 3.40. The van der Waals surface area contributed by atoms with Gasteiger partial charge in [-0.05, 0) is 51.3 Å². The molecule has 0 aliphatic carbocycles. The molecule has 2 amide bonds. The normalized spacial score (nSPS) is 10.6. The molecule has 0 unspecified atom stereocenters. The number of halogens is 2. The Balaban J connectivity index is 1.62. The minimum atomic E-state index is -0.935. The maximum absolute atomic E-state index is 12.0. The Labute approximate surface area is 198 Å². The van der Waals surface area contributed by atoms with E-state index < -0.39 is 11.8 Å². The number of hydrazone groups is 1. The molecule has 0 saturated carbocycles. The lowest BCUT2D eigenvalue weighted by molar-refractivity contribution is -0.136. The number of nitrogens with zero attached hydrogens (tertiary/aromatic N) is 1. The van der Waals surface area contributed by atoms with Crippen LogP contribution >= 0.6 is 27.5 Å². The van der Waals surface area contributed by atoms with Gasteiger partial charge in [-0.15, -0.1) is 0 Å². The average molecular weight is 517 g/mol. The highest BCUT2D eigenvalue weighted by Gasteiger charge is 2.15. The van der Waals surface area contributed by atoms with E-state index in [4.69, 9.17) is 21.1 Å². The minimum absolute atomic E-state index is 0.323. The van der Waals surface area contributed by atoms with Crippen LogP contribution in [0, 0.1) is 0 Å². The first-order valence-corrected chi connectivity index (χ1v) is 10.6. The Bertz CT molecular complexity index is 1140. The molecule has 0 aliphatic heterocycles. The molecular formula is C23H19BrClN3O4. The molecule has 0 aliphatic rings. The monoisotopic (exact) mass is 515 g/mol. The van der Waals surface area contributed by atoms with Gasteiger partial charge in [-0.25, -0.2) is 5.43 Å². The van der Waals surface area contributed by atoms with E-state index >= 15 is 0 Å². The van der Waals surface area contributed by atoms with E-state index in [1.54, 1.807) is 36.4 Å². The van der Waals surface area contributed by atoms with Crippen LogP contribution in [0.2, 0.25) is 5.02 Å². The number of anilines is 1. The molecule has 0 spiro atoms. The summed E-state index contributed by atoms with van der Waals surface area (Å²) >= 11 is 9.44. The van der Waals surface area contributed by atoms with Crippen LogP contribution in [0.15, 0.2) is 76.3 Å². The van der Waals surface area contributed by atoms with Gasteiger partial charge in [-0.2, -0.15) is 5.10 Å². The summed E-state index contributed by atoms with van der Waals surface area (Å²) in [6, 6.07) is 19.8. The molecule has 0 fully saturated rings. The lowest BCUT2D eigenvalue weighted by atomic mass is 10.2. The van der Waals surface area contributed by atoms with Crippen LogP contribution in [0.3, 0.4) is 0 Å². The SMILES string of the molecule is COc1cc(/C=N/NC(=O)C(=O)Nc2ccccc2Cl)cc(Br)c1OCc1ccccc1. The van der Waals surface area contributed by atoms with E-state index in [9.17, 15) is 9.59 Å². The van der Waals surface area contributed by atoms with Crippen molar-refractivity contribution in [3.8, 4) is 11.5 Å². The molecule has 7 nitrogen and oxygen atoms in total. The molecular weight excluding hydrogens is 498 g/mol. The Morgan fingerprint density at radius 2 is 1.78 bits per heavy atom. The van der Waals surface area contributed by atoms with Crippen molar-refractivity contribution in [3.63, 3.8) is 0 Å². The highest BCUT2D eigenvalue weighted by Crippen LogP contribution is 2.36. The third-order valence-electron chi connectivity index (χ3n) is 4.19. The molecule has 0 aromatic heterocycles. The molecule has 32 heavy (non-hydrogen) atoms. The van der Waals surface area contributed by atoms with Gasteiger partial charge < -0.3 is 14.8 Å². The lowest BCUT2D eigenvalue weighted by Crippen LogP contribution is -2.32. The average Bonchev–Trinajstić information content (AvgIpc) is 2.80. The van der Waals surface area contributed by atoms with Gasteiger partial charge in [-0.1, -0.05) is 54.1 Å². The summed E-state index contributed by atoms with van der Waals surface area (Å²) in [5, 5.41) is 6.57. The van der Waals surface area contributed by atoms with Gasteiger partial charge in [0.1, 0.15) is 6.61 Å². The Kier molecular flexibility index (Phi) is 8.24. The van der Waals surface area contributed by atoms with Gasteiger partial charge in [0.15, 0.2) is 11.5 Å². The van der Waals surface area contributed by atoms with E-state index in [1.807, 2.05) is 30.3 Å². The maximum Gasteiger partial charge on any atom is 0.329 e. The van der Waals surface area contributed by atoms with Crippen LogP contribution in [-0.4, -0.2) is 25.1 Å². The van der Waals surface area contributed by atoms with E-state index in [-0.39, 0.29) is 0 Å². The van der Waals surface area contributed by atoms with Crippen LogP contribution in [-0.2, 0) is 16.2 Å².